The van der Waals surface area contributed by atoms with Crippen LogP contribution in [0.2, 0.25) is 0 Å². The minimum atomic E-state index is -3.51. The molecule has 2 heterocycles. The van der Waals surface area contributed by atoms with E-state index in [1.54, 1.807) is 11.3 Å². The number of hydrogen-bond acceptors (Lipinski definition) is 9. The fourth-order valence-electron chi connectivity index (χ4n) is 2.54. The molecule has 0 unspecified atom stereocenters. The van der Waals surface area contributed by atoms with Gasteiger partial charge in [-0.1, -0.05) is 0 Å². The van der Waals surface area contributed by atoms with Crippen LogP contribution in [0.3, 0.4) is 0 Å². The number of nitrogens with one attached hydrogen (secondary N) is 2. The van der Waals surface area contributed by atoms with Gasteiger partial charge in [0.25, 0.3) is 5.69 Å². The van der Waals surface area contributed by atoms with Gasteiger partial charge in [0, 0.05) is 30.3 Å². The number of nitro groups is 1. The highest BCUT2D eigenvalue weighted by Gasteiger charge is 2.18. The molecule has 0 aliphatic heterocycles. The van der Waals surface area contributed by atoms with Gasteiger partial charge in [0.1, 0.15) is 22.7 Å². The highest BCUT2D eigenvalue weighted by Crippen LogP contribution is 2.28. The quantitative estimate of drug-likeness (QED) is 0.348. The van der Waals surface area contributed by atoms with Crippen LogP contribution in [-0.2, 0) is 9.84 Å². The van der Waals surface area contributed by atoms with Gasteiger partial charge in [-0.05, 0) is 25.1 Å². The average Bonchev–Trinajstić information content (AvgIpc) is 2.98. The molecule has 1 aromatic carbocycles. The van der Waals surface area contributed by atoms with Gasteiger partial charge in [-0.25, -0.2) is 18.4 Å². The number of nitro benzene ring substituents is 1. The summed E-state index contributed by atoms with van der Waals surface area (Å²) in [4.78, 5) is 21.0. The molecule has 27 heavy (non-hydrogen) atoms. The number of aryl methyl sites for hydroxylation is 1. The van der Waals surface area contributed by atoms with Crippen molar-refractivity contribution in [1.29, 1.82) is 0 Å². The zero-order chi connectivity index (χ0) is 19.6. The summed E-state index contributed by atoms with van der Waals surface area (Å²) in [6.45, 7) is 2.84. The van der Waals surface area contributed by atoms with E-state index in [1.165, 1.54) is 18.5 Å². The summed E-state index contributed by atoms with van der Waals surface area (Å²) in [5.74, 6) is 0.702. The first-order valence-corrected chi connectivity index (χ1v) is 10.6. The summed E-state index contributed by atoms with van der Waals surface area (Å²) in [5, 5.41) is 18.3. The topological polar surface area (TPSA) is 127 Å². The largest absolute Gasteiger partial charge is 0.378 e. The van der Waals surface area contributed by atoms with Crippen LogP contribution in [0.5, 0.6) is 0 Å². The fourth-order valence-corrected chi connectivity index (χ4v) is 4.03. The van der Waals surface area contributed by atoms with Crippen LogP contribution >= 0.6 is 11.3 Å². The Labute approximate surface area is 159 Å². The molecule has 0 bridgehead atoms. The third-order valence-corrected chi connectivity index (χ3v) is 5.85. The first-order valence-electron chi connectivity index (χ1n) is 7.93. The molecule has 0 amide bonds. The van der Waals surface area contributed by atoms with Crippen LogP contribution in [0.15, 0.2) is 35.5 Å². The van der Waals surface area contributed by atoms with E-state index in [9.17, 15) is 18.5 Å². The SMILES string of the molecule is Cc1cc2c(NCCNc3ccc(S(C)(=O)=O)cc3[N+](=O)[O-])ncnc2s1. The summed E-state index contributed by atoms with van der Waals surface area (Å²) >= 11 is 1.58. The van der Waals surface area contributed by atoms with Gasteiger partial charge >= 0.3 is 0 Å². The maximum atomic E-state index is 11.6. The van der Waals surface area contributed by atoms with Crippen LogP contribution < -0.4 is 10.6 Å². The number of nitrogens with zero attached hydrogens (tertiary/aromatic N) is 3. The number of benzene rings is 1. The summed E-state index contributed by atoms with van der Waals surface area (Å²) < 4.78 is 23.2. The first kappa shape index (κ1) is 19.0. The van der Waals surface area contributed by atoms with Crippen molar-refractivity contribution in [2.24, 2.45) is 0 Å². The standard InChI is InChI=1S/C16H17N5O4S2/c1-10-7-12-15(19-9-20-16(12)26-10)18-6-5-17-13-4-3-11(27(2,24)25)8-14(13)21(22)23/h3-4,7-9,17H,5-6H2,1-2H3,(H,18,19,20). The predicted molar refractivity (Wildman–Crippen MR) is 105 cm³/mol. The summed E-state index contributed by atoms with van der Waals surface area (Å²) in [6, 6.07) is 5.82. The first-order chi connectivity index (χ1) is 12.8. The van der Waals surface area contributed by atoms with Crippen molar-refractivity contribution in [2.45, 2.75) is 11.8 Å². The van der Waals surface area contributed by atoms with E-state index < -0.39 is 14.8 Å². The maximum Gasteiger partial charge on any atom is 0.293 e. The van der Waals surface area contributed by atoms with E-state index in [2.05, 4.69) is 20.6 Å². The molecule has 0 saturated heterocycles. The number of sulfone groups is 1. The molecule has 9 nitrogen and oxygen atoms in total. The van der Waals surface area contributed by atoms with Gasteiger partial charge in [-0.2, -0.15) is 0 Å². The number of aromatic nitrogens is 2. The number of rotatable bonds is 7. The Morgan fingerprint density at radius 1 is 1.19 bits per heavy atom. The summed E-state index contributed by atoms with van der Waals surface area (Å²) in [7, 11) is -3.51. The second kappa shape index (κ2) is 7.45. The van der Waals surface area contributed by atoms with Crippen molar-refractivity contribution in [3.05, 3.63) is 45.6 Å². The van der Waals surface area contributed by atoms with Crippen LogP contribution in [0.25, 0.3) is 10.2 Å². The van der Waals surface area contributed by atoms with Gasteiger partial charge in [-0.3, -0.25) is 10.1 Å². The van der Waals surface area contributed by atoms with Crippen LogP contribution in [-0.4, -0.2) is 42.7 Å². The molecule has 2 N–H and O–H groups in total. The smallest absolute Gasteiger partial charge is 0.293 e. The zero-order valence-electron chi connectivity index (χ0n) is 14.6. The lowest BCUT2D eigenvalue weighted by atomic mass is 10.2. The Bertz CT molecular complexity index is 1110. The minimum Gasteiger partial charge on any atom is -0.378 e. The minimum absolute atomic E-state index is 0.0888. The molecule has 0 atom stereocenters. The Hall–Kier alpha value is -2.79. The number of hydrogen-bond donors (Lipinski definition) is 2. The van der Waals surface area contributed by atoms with Crippen molar-refractivity contribution in [3.63, 3.8) is 0 Å². The third-order valence-electron chi connectivity index (χ3n) is 3.78. The highest BCUT2D eigenvalue weighted by atomic mass is 32.2. The van der Waals surface area contributed by atoms with Crippen LogP contribution in [0.1, 0.15) is 4.88 Å². The summed E-state index contributed by atoms with van der Waals surface area (Å²) in [6.07, 6.45) is 2.50. The lowest BCUT2D eigenvalue weighted by Crippen LogP contribution is -2.15. The lowest BCUT2D eigenvalue weighted by Gasteiger charge is -2.10. The van der Waals surface area contributed by atoms with Gasteiger partial charge in [0.05, 0.1) is 15.2 Å². The molecule has 3 rings (SSSR count). The van der Waals surface area contributed by atoms with Crippen LogP contribution in [0.4, 0.5) is 17.2 Å². The van der Waals surface area contributed by atoms with E-state index in [1.807, 2.05) is 13.0 Å². The number of thiophene rings is 1. The molecular formula is C16H17N5O4S2. The van der Waals surface area contributed by atoms with Crippen molar-refractivity contribution in [2.75, 3.05) is 30.0 Å². The average molecular weight is 407 g/mol. The molecule has 0 aliphatic carbocycles. The van der Waals surface area contributed by atoms with Gasteiger partial charge in [0.15, 0.2) is 9.84 Å². The van der Waals surface area contributed by atoms with Gasteiger partial charge < -0.3 is 10.6 Å². The van der Waals surface area contributed by atoms with Gasteiger partial charge in [0.2, 0.25) is 0 Å². The second-order valence-corrected chi connectivity index (χ2v) is 9.11. The van der Waals surface area contributed by atoms with Crippen molar-refractivity contribution in [3.8, 4) is 0 Å². The van der Waals surface area contributed by atoms with Gasteiger partial charge in [-0.15, -0.1) is 11.3 Å². The van der Waals surface area contributed by atoms with E-state index in [4.69, 9.17) is 0 Å². The third kappa shape index (κ3) is 4.31. The van der Waals surface area contributed by atoms with E-state index in [0.717, 1.165) is 27.4 Å². The van der Waals surface area contributed by atoms with E-state index in [-0.39, 0.29) is 16.3 Å². The zero-order valence-corrected chi connectivity index (χ0v) is 16.2. The summed E-state index contributed by atoms with van der Waals surface area (Å²) in [5.41, 5.74) is -0.0239. The Balaban J connectivity index is 1.69. The molecule has 3 aromatic rings. The second-order valence-electron chi connectivity index (χ2n) is 5.86. The molecule has 0 fully saturated rings. The fraction of sp³-hybridized carbons (Fsp3) is 0.250. The molecule has 0 spiro atoms. The molecule has 0 aliphatic rings. The van der Waals surface area contributed by atoms with Crippen molar-refractivity contribution < 1.29 is 13.3 Å². The van der Waals surface area contributed by atoms with Crippen LogP contribution in [0, 0.1) is 17.0 Å². The monoisotopic (exact) mass is 407 g/mol. The van der Waals surface area contributed by atoms with E-state index in [0.29, 0.717) is 18.9 Å². The molecule has 0 radical (unpaired) electrons. The van der Waals surface area contributed by atoms with Crippen molar-refractivity contribution in [1.82, 2.24) is 9.97 Å². The number of anilines is 2. The molecular weight excluding hydrogens is 390 g/mol. The number of fused-ring (bicyclic) bond motifs is 1. The molecule has 0 saturated carbocycles. The molecule has 11 heteroatoms. The lowest BCUT2D eigenvalue weighted by molar-refractivity contribution is -0.384. The predicted octanol–water partition coefficient (Wildman–Crippen LogP) is 2.84. The van der Waals surface area contributed by atoms with Crippen molar-refractivity contribution >= 4 is 48.6 Å². The maximum absolute atomic E-state index is 11.6. The Morgan fingerprint density at radius 3 is 2.63 bits per heavy atom. The van der Waals surface area contributed by atoms with E-state index >= 15 is 0 Å². The molecule has 142 valence electrons. The molecule has 2 aromatic heterocycles. The Morgan fingerprint density at radius 2 is 1.93 bits per heavy atom. The highest BCUT2D eigenvalue weighted by molar-refractivity contribution is 7.90. The Kier molecular flexibility index (Phi) is 5.24. The normalized spacial score (nSPS) is 11.5.